The van der Waals surface area contributed by atoms with Crippen LogP contribution in [-0.2, 0) is 0 Å². The minimum absolute atomic E-state index is 0.674. The summed E-state index contributed by atoms with van der Waals surface area (Å²) >= 11 is 0. The maximum atomic E-state index is 2.41. The first-order chi connectivity index (χ1) is 8.31. The lowest BCUT2D eigenvalue weighted by molar-refractivity contribution is 0.353. The second-order valence-corrected chi connectivity index (χ2v) is 5.08. The molecule has 0 saturated heterocycles. The van der Waals surface area contributed by atoms with E-state index in [2.05, 4.69) is 57.2 Å². The van der Waals surface area contributed by atoms with E-state index in [-0.39, 0.29) is 0 Å². The van der Waals surface area contributed by atoms with Gasteiger partial charge in [0.25, 0.3) is 0 Å². The van der Waals surface area contributed by atoms with Crippen LogP contribution < -0.4 is 0 Å². The molecule has 0 bridgehead atoms. The zero-order chi connectivity index (χ0) is 12.3. The van der Waals surface area contributed by atoms with E-state index in [1.165, 1.54) is 19.3 Å². The normalized spacial score (nSPS) is 28.4. The Hall–Kier alpha value is -1.04. The Bertz CT molecular complexity index is 343. The third-order valence-electron chi connectivity index (χ3n) is 4.32. The fourth-order valence-corrected chi connectivity index (χ4v) is 3.34. The van der Waals surface area contributed by atoms with Crippen LogP contribution in [0, 0.1) is 17.8 Å². The summed E-state index contributed by atoms with van der Waals surface area (Å²) in [6.07, 6.45) is 17.6. The summed E-state index contributed by atoms with van der Waals surface area (Å²) in [6, 6.07) is 0. The van der Waals surface area contributed by atoms with E-state index in [0.29, 0.717) is 11.8 Å². The van der Waals surface area contributed by atoms with Crippen LogP contribution in [0.4, 0.5) is 0 Å². The lowest BCUT2D eigenvalue weighted by Gasteiger charge is -2.30. The third-order valence-corrected chi connectivity index (χ3v) is 4.32. The smallest absolute Gasteiger partial charge is 0.00198 e. The first kappa shape index (κ1) is 12.4. The lowest BCUT2D eigenvalue weighted by Crippen LogP contribution is -2.21. The Labute approximate surface area is 106 Å². The minimum atomic E-state index is 0.674. The SMILES string of the molecule is CCC1=CC=CC1C(CC)C1C=CC=C1CC. The molecule has 0 fully saturated rings. The van der Waals surface area contributed by atoms with Crippen molar-refractivity contribution in [3.63, 3.8) is 0 Å². The van der Waals surface area contributed by atoms with E-state index in [1.807, 2.05) is 0 Å². The molecule has 0 heteroatoms. The molecule has 0 radical (unpaired) electrons. The fraction of sp³-hybridized carbons (Fsp3) is 0.529. The molecule has 0 N–H and O–H groups in total. The molecular formula is C17H24. The van der Waals surface area contributed by atoms with Crippen molar-refractivity contribution in [2.75, 3.05) is 0 Å². The molecule has 2 atom stereocenters. The molecule has 2 aliphatic carbocycles. The summed E-state index contributed by atoms with van der Waals surface area (Å²) in [5, 5.41) is 0. The van der Waals surface area contributed by atoms with Crippen LogP contribution in [0.15, 0.2) is 47.6 Å². The Kier molecular flexibility index (Phi) is 4.04. The highest BCUT2D eigenvalue weighted by molar-refractivity contribution is 5.33. The molecular weight excluding hydrogens is 204 g/mol. The van der Waals surface area contributed by atoms with Crippen molar-refractivity contribution >= 4 is 0 Å². The van der Waals surface area contributed by atoms with Gasteiger partial charge < -0.3 is 0 Å². The quantitative estimate of drug-likeness (QED) is 0.617. The van der Waals surface area contributed by atoms with E-state index in [4.69, 9.17) is 0 Å². The molecule has 0 saturated carbocycles. The van der Waals surface area contributed by atoms with Crippen molar-refractivity contribution in [2.45, 2.75) is 40.0 Å². The molecule has 17 heavy (non-hydrogen) atoms. The zero-order valence-electron chi connectivity index (χ0n) is 11.3. The molecule has 0 nitrogen and oxygen atoms in total. The van der Waals surface area contributed by atoms with Crippen molar-refractivity contribution in [3.8, 4) is 0 Å². The molecule has 0 aromatic carbocycles. The zero-order valence-corrected chi connectivity index (χ0v) is 11.3. The number of hydrogen-bond donors (Lipinski definition) is 0. The summed E-state index contributed by atoms with van der Waals surface area (Å²) in [4.78, 5) is 0. The van der Waals surface area contributed by atoms with Gasteiger partial charge in [-0.2, -0.15) is 0 Å². The largest absolute Gasteiger partial charge is 0.0770 e. The van der Waals surface area contributed by atoms with Gasteiger partial charge in [-0.1, -0.05) is 74.8 Å². The van der Waals surface area contributed by atoms with Crippen LogP contribution in [-0.4, -0.2) is 0 Å². The van der Waals surface area contributed by atoms with Gasteiger partial charge in [0.1, 0.15) is 0 Å². The second kappa shape index (κ2) is 5.53. The van der Waals surface area contributed by atoms with Gasteiger partial charge in [0.2, 0.25) is 0 Å². The van der Waals surface area contributed by atoms with E-state index in [0.717, 1.165) is 5.92 Å². The molecule has 0 amide bonds. The van der Waals surface area contributed by atoms with Gasteiger partial charge in [-0.25, -0.2) is 0 Å². The number of allylic oxidation sites excluding steroid dienone is 8. The van der Waals surface area contributed by atoms with Crippen LogP contribution in [0.5, 0.6) is 0 Å². The van der Waals surface area contributed by atoms with Crippen molar-refractivity contribution in [1.29, 1.82) is 0 Å². The van der Waals surface area contributed by atoms with E-state index >= 15 is 0 Å². The van der Waals surface area contributed by atoms with Crippen LogP contribution in [0.2, 0.25) is 0 Å². The Morgan fingerprint density at radius 1 is 0.882 bits per heavy atom. The molecule has 0 aromatic heterocycles. The summed E-state index contributed by atoms with van der Waals surface area (Å²) in [5.74, 6) is 2.10. The highest BCUT2D eigenvalue weighted by Crippen LogP contribution is 2.41. The van der Waals surface area contributed by atoms with Crippen molar-refractivity contribution in [2.24, 2.45) is 17.8 Å². The molecule has 0 aliphatic heterocycles. The second-order valence-electron chi connectivity index (χ2n) is 5.08. The summed E-state index contributed by atoms with van der Waals surface area (Å²) in [5.41, 5.74) is 3.24. The van der Waals surface area contributed by atoms with Crippen molar-refractivity contribution in [3.05, 3.63) is 47.6 Å². The Balaban J connectivity index is 2.17. The summed E-state index contributed by atoms with van der Waals surface area (Å²) in [7, 11) is 0. The first-order valence-corrected chi connectivity index (χ1v) is 7.06. The standard InChI is InChI=1S/C17H24/c1-4-13-9-7-11-16(13)15(6-3)17-12-8-10-14(17)5-2/h7-12,15-17H,4-6H2,1-3H3. The molecule has 2 aliphatic rings. The van der Waals surface area contributed by atoms with Crippen LogP contribution in [0.25, 0.3) is 0 Å². The maximum absolute atomic E-state index is 2.41. The predicted molar refractivity (Wildman–Crippen MR) is 75.8 cm³/mol. The molecule has 0 spiro atoms. The molecule has 2 unspecified atom stereocenters. The van der Waals surface area contributed by atoms with E-state index in [1.54, 1.807) is 11.1 Å². The van der Waals surface area contributed by atoms with Gasteiger partial charge in [0.05, 0.1) is 0 Å². The fourth-order valence-electron chi connectivity index (χ4n) is 3.34. The van der Waals surface area contributed by atoms with Gasteiger partial charge in [-0.05, 0) is 18.8 Å². The number of hydrogen-bond acceptors (Lipinski definition) is 0. The van der Waals surface area contributed by atoms with Gasteiger partial charge in [-0.15, -0.1) is 0 Å². The van der Waals surface area contributed by atoms with Gasteiger partial charge in [0.15, 0.2) is 0 Å². The van der Waals surface area contributed by atoms with Crippen LogP contribution in [0.1, 0.15) is 40.0 Å². The van der Waals surface area contributed by atoms with Gasteiger partial charge in [-0.3, -0.25) is 0 Å². The van der Waals surface area contributed by atoms with Crippen LogP contribution >= 0.6 is 0 Å². The minimum Gasteiger partial charge on any atom is -0.0770 e. The van der Waals surface area contributed by atoms with Crippen molar-refractivity contribution < 1.29 is 0 Å². The average Bonchev–Trinajstić information content (AvgIpc) is 2.98. The maximum Gasteiger partial charge on any atom is 0.00198 e. The monoisotopic (exact) mass is 228 g/mol. The Morgan fingerprint density at radius 3 is 1.71 bits per heavy atom. The topological polar surface area (TPSA) is 0 Å². The van der Waals surface area contributed by atoms with Crippen molar-refractivity contribution in [1.82, 2.24) is 0 Å². The molecule has 92 valence electrons. The summed E-state index contributed by atoms with van der Waals surface area (Å²) in [6.45, 7) is 6.89. The third kappa shape index (κ3) is 2.31. The van der Waals surface area contributed by atoms with Crippen LogP contribution in [0.3, 0.4) is 0 Å². The first-order valence-electron chi connectivity index (χ1n) is 7.06. The molecule has 0 aromatic rings. The highest BCUT2D eigenvalue weighted by Gasteiger charge is 2.30. The molecule has 0 heterocycles. The predicted octanol–water partition coefficient (Wildman–Crippen LogP) is 5.06. The Morgan fingerprint density at radius 2 is 1.35 bits per heavy atom. The van der Waals surface area contributed by atoms with Gasteiger partial charge in [0, 0.05) is 11.8 Å². The molecule has 2 rings (SSSR count). The van der Waals surface area contributed by atoms with Gasteiger partial charge >= 0.3 is 0 Å². The highest BCUT2D eigenvalue weighted by atomic mass is 14.3. The van der Waals surface area contributed by atoms with E-state index < -0.39 is 0 Å². The number of rotatable bonds is 5. The lowest BCUT2D eigenvalue weighted by atomic mass is 9.74. The summed E-state index contributed by atoms with van der Waals surface area (Å²) < 4.78 is 0. The van der Waals surface area contributed by atoms with E-state index in [9.17, 15) is 0 Å². The average molecular weight is 228 g/mol.